The maximum Gasteiger partial charge on any atom is 0.416 e. The van der Waals surface area contributed by atoms with Crippen LogP contribution in [0.3, 0.4) is 0 Å². The maximum absolute atomic E-state index is 15.9. The minimum atomic E-state index is -4.45. The van der Waals surface area contributed by atoms with Gasteiger partial charge in [0, 0.05) is 45.3 Å². The molecule has 0 radical (unpaired) electrons. The molecule has 1 aliphatic rings. The van der Waals surface area contributed by atoms with Crippen LogP contribution in [0.15, 0.2) is 35.5 Å². The van der Waals surface area contributed by atoms with E-state index in [-0.39, 0.29) is 36.6 Å². The molecular weight excluding hydrogens is 462 g/mol. The van der Waals surface area contributed by atoms with Crippen molar-refractivity contribution in [3.05, 3.63) is 64.2 Å². The van der Waals surface area contributed by atoms with Crippen molar-refractivity contribution in [2.24, 2.45) is 12.0 Å². The van der Waals surface area contributed by atoms with Crippen LogP contribution in [0, 0.1) is 13.8 Å². The number of aryl methyl sites for hydroxylation is 2. The summed E-state index contributed by atoms with van der Waals surface area (Å²) in [6, 6.07) is 5.65. The molecule has 10 heteroatoms. The summed E-state index contributed by atoms with van der Waals surface area (Å²) in [4.78, 5) is 26.7. The zero-order valence-electron chi connectivity index (χ0n) is 20.1. The first-order valence-electron chi connectivity index (χ1n) is 11.4. The van der Waals surface area contributed by atoms with Gasteiger partial charge < -0.3 is 9.47 Å². The summed E-state index contributed by atoms with van der Waals surface area (Å²) in [7, 11) is 1.81. The van der Waals surface area contributed by atoms with Crippen molar-refractivity contribution >= 4 is 16.8 Å². The molecule has 0 bridgehead atoms. The van der Waals surface area contributed by atoms with Gasteiger partial charge >= 0.3 is 6.18 Å². The van der Waals surface area contributed by atoms with E-state index in [9.17, 15) is 18.0 Å². The van der Waals surface area contributed by atoms with Crippen molar-refractivity contribution in [1.82, 2.24) is 19.4 Å². The fourth-order valence-electron chi connectivity index (χ4n) is 4.48. The molecule has 35 heavy (non-hydrogen) atoms. The number of benzene rings is 1. The number of likely N-dealkylation sites (tertiary alicyclic amines) is 1. The largest absolute Gasteiger partial charge is 0.416 e. The predicted molar refractivity (Wildman–Crippen MR) is 123 cm³/mol. The van der Waals surface area contributed by atoms with E-state index in [0.717, 1.165) is 6.07 Å². The zero-order chi connectivity index (χ0) is 25.5. The van der Waals surface area contributed by atoms with Gasteiger partial charge in [-0.1, -0.05) is 12.1 Å². The Morgan fingerprint density at radius 2 is 1.89 bits per heavy atom. The average molecular weight is 490 g/mol. The fraction of sp³-hybridized carbons (Fsp3) is 0.440. The molecule has 0 unspecified atom stereocenters. The second-order valence-corrected chi connectivity index (χ2v) is 9.00. The lowest BCUT2D eigenvalue weighted by atomic mass is 9.89. The van der Waals surface area contributed by atoms with E-state index in [1.807, 2.05) is 11.6 Å². The van der Waals surface area contributed by atoms with Crippen LogP contribution in [0.4, 0.5) is 17.6 Å². The molecular formula is C25H27F4N5O. The number of halogens is 4. The summed E-state index contributed by atoms with van der Waals surface area (Å²) in [5.74, 6) is 0.549. The molecule has 1 aliphatic heterocycles. The van der Waals surface area contributed by atoms with E-state index in [4.69, 9.17) is 0 Å². The van der Waals surface area contributed by atoms with Gasteiger partial charge in [-0.05, 0) is 37.1 Å². The quantitative estimate of drug-likeness (QED) is 0.509. The van der Waals surface area contributed by atoms with Crippen LogP contribution >= 0.6 is 0 Å². The summed E-state index contributed by atoms with van der Waals surface area (Å²) < 4.78 is 57.6. The monoisotopic (exact) mass is 489 g/mol. The number of nitrogens with zero attached hydrogens (tertiary/aromatic N) is 5. The van der Waals surface area contributed by atoms with E-state index in [2.05, 4.69) is 15.0 Å². The molecule has 0 atom stereocenters. The van der Waals surface area contributed by atoms with E-state index in [1.54, 1.807) is 30.2 Å². The van der Waals surface area contributed by atoms with Gasteiger partial charge in [0.15, 0.2) is 11.2 Å². The van der Waals surface area contributed by atoms with E-state index in [0.29, 0.717) is 40.9 Å². The Hall–Kier alpha value is -3.30. The lowest BCUT2D eigenvalue weighted by Crippen LogP contribution is -2.42. The lowest BCUT2D eigenvalue weighted by Gasteiger charge is -2.35. The van der Waals surface area contributed by atoms with Gasteiger partial charge in [0.2, 0.25) is 5.91 Å². The Labute approximate surface area is 200 Å². The van der Waals surface area contributed by atoms with Crippen molar-refractivity contribution in [3.8, 4) is 0 Å². The normalized spacial score (nSPS) is 16.7. The highest BCUT2D eigenvalue weighted by Crippen LogP contribution is 2.37. The van der Waals surface area contributed by atoms with Gasteiger partial charge in [0.05, 0.1) is 29.5 Å². The summed E-state index contributed by atoms with van der Waals surface area (Å²) in [6.45, 7) is 5.28. The summed E-state index contributed by atoms with van der Waals surface area (Å²) in [6.07, 6.45) is -2.61. The summed E-state index contributed by atoms with van der Waals surface area (Å²) in [5, 5.41) is 0.568. The third kappa shape index (κ3) is 4.78. The fourth-order valence-corrected chi connectivity index (χ4v) is 4.48. The predicted octanol–water partition coefficient (Wildman–Crippen LogP) is 4.51. The SMILES string of the molecule is CC(=O)N1CCC(F)(c2cc3c(=NCc4cccc(C(F)(F)F)c4C)nc(C)n(C)c3cn2)CC1. The van der Waals surface area contributed by atoms with Crippen LogP contribution in [0.1, 0.15) is 48.0 Å². The standard InChI is InChI=1S/C25H27F4N5O/c1-15-18(6-5-7-20(15)25(27,28)29)13-31-23-19-12-22(30-14-21(19)33(4)16(2)32-23)24(26)8-10-34(11-9-24)17(3)35/h5-7,12,14H,8-11,13H2,1-4H3. The Balaban J connectivity index is 1.77. The second-order valence-electron chi connectivity index (χ2n) is 9.00. The Morgan fingerprint density at radius 1 is 1.20 bits per heavy atom. The van der Waals surface area contributed by atoms with Gasteiger partial charge in [-0.15, -0.1) is 0 Å². The van der Waals surface area contributed by atoms with Gasteiger partial charge in [0.25, 0.3) is 0 Å². The Morgan fingerprint density at radius 3 is 2.51 bits per heavy atom. The molecule has 1 saturated heterocycles. The van der Waals surface area contributed by atoms with Crippen molar-refractivity contribution in [3.63, 3.8) is 0 Å². The minimum absolute atomic E-state index is 0.00296. The molecule has 2 aromatic heterocycles. The molecule has 0 N–H and O–H groups in total. The highest BCUT2D eigenvalue weighted by Gasteiger charge is 2.38. The number of fused-ring (bicyclic) bond motifs is 1. The number of pyridine rings is 1. The minimum Gasteiger partial charge on any atom is -0.343 e. The molecule has 6 nitrogen and oxygen atoms in total. The summed E-state index contributed by atoms with van der Waals surface area (Å²) in [5.41, 5.74) is -0.584. The zero-order valence-corrected chi connectivity index (χ0v) is 20.1. The number of piperidine rings is 1. The number of hydrogen-bond donors (Lipinski definition) is 0. The number of carbonyl (C=O) groups excluding carboxylic acids is 1. The average Bonchev–Trinajstić information content (AvgIpc) is 2.80. The van der Waals surface area contributed by atoms with Crippen LogP contribution in [-0.2, 0) is 30.2 Å². The number of rotatable bonds is 3. The number of hydrogen-bond acceptors (Lipinski definition) is 4. The van der Waals surface area contributed by atoms with Crippen LogP contribution in [0.25, 0.3) is 10.9 Å². The van der Waals surface area contributed by atoms with Crippen molar-refractivity contribution in [1.29, 1.82) is 0 Å². The Bertz CT molecular complexity index is 1350. The second kappa shape index (κ2) is 9.05. The summed E-state index contributed by atoms with van der Waals surface area (Å²) >= 11 is 0. The first-order valence-corrected chi connectivity index (χ1v) is 11.4. The molecule has 3 aromatic rings. The van der Waals surface area contributed by atoms with Crippen LogP contribution < -0.4 is 5.49 Å². The molecule has 0 spiro atoms. The third-order valence-electron chi connectivity index (χ3n) is 6.85. The van der Waals surface area contributed by atoms with Crippen molar-refractivity contribution < 1.29 is 22.4 Å². The van der Waals surface area contributed by atoms with Crippen LogP contribution in [0.2, 0.25) is 0 Å². The van der Waals surface area contributed by atoms with E-state index in [1.165, 1.54) is 19.9 Å². The number of aromatic nitrogens is 3. The lowest BCUT2D eigenvalue weighted by molar-refractivity contribution is -0.138. The Kier molecular flexibility index (Phi) is 6.42. The molecule has 1 aromatic carbocycles. The van der Waals surface area contributed by atoms with Crippen LogP contribution in [-0.4, -0.2) is 38.4 Å². The highest BCUT2D eigenvalue weighted by molar-refractivity contribution is 5.78. The van der Waals surface area contributed by atoms with Crippen molar-refractivity contribution in [2.75, 3.05) is 13.1 Å². The van der Waals surface area contributed by atoms with Gasteiger partial charge in [-0.2, -0.15) is 13.2 Å². The molecule has 0 saturated carbocycles. The van der Waals surface area contributed by atoms with Gasteiger partial charge in [-0.25, -0.2) is 9.37 Å². The smallest absolute Gasteiger partial charge is 0.343 e. The maximum atomic E-state index is 15.9. The third-order valence-corrected chi connectivity index (χ3v) is 6.85. The molecule has 0 aliphatic carbocycles. The number of amides is 1. The number of alkyl halides is 4. The molecule has 186 valence electrons. The van der Waals surface area contributed by atoms with E-state index >= 15 is 4.39 Å². The van der Waals surface area contributed by atoms with Crippen molar-refractivity contribution in [2.45, 2.75) is 52.0 Å². The molecule has 4 rings (SSSR count). The molecule has 1 fully saturated rings. The molecule has 3 heterocycles. The van der Waals surface area contributed by atoms with E-state index < -0.39 is 17.4 Å². The number of carbonyl (C=O) groups is 1. The van der Waals surface area contributed by atoms with Gasteiger partial charge in [-0.3, -0.25) is 14.8 Å². The van der Waals surface area contributed by atoms with Gasteiger partial charge in [0.1, 0.15) is 5.82 Å². The highest BCUT2D eigenvalue weighted by atomic mass is 19.4. The molecule has 1 amide bonds. The first-order chi connectivity index (χ1) is 16.4. The van der Waals surface area contributed by atoms with Crippen LogP contribution in [0.5, 0.6) is 0 Å². The first kappa shape index (κ1) is 24.8. The topological polar surface area (TPSA) is 63.4 Å².